The lowest BCUT2D eigenvalue weighted by Gasteiger charge is -2.06. The molecule has 2 heterocycles. The molecule has 8 nitrogen and oxygen atoms in total. The van der Waals surface area contributed by atoms with Crippen LogP contribution in [-0.4, -0.2) is 18.5 Å². The predicted octanol–water partition coefficient (Wildman–Crippen LogP) is 4.33. The van der Waals surface area contributed by atoms with E-state index in [0.29, 0.717) is 17.8 Å². The molecule has 34 heavy (non-hydrogen) atoms. The quantitative estimate of drug-likeness (QED) is 0.181. The number of fused-ring (bicyclic) bond motifs is 1. The highest BCUT2D eigenvalue weighted by atomic mass is 16.5. The third-order valence-corrected chi connectivity index (χ3v) is 4.78. The molecule has 0 radical (unpaired) electrons. The third-order valence-electron chi connectivity index (χ3n) is 4.78. The predicted molar refractivity (Wildman–Crippen MR) is 125 cm³/mol. The lowest BCUT2D eigenvalue weighted by atomic mass is 10.1. The van der Waals surface area contributed by atoms with Gasteiger partial charge in [0.05, 0.1) is 19.4 Å². The van der Waals surface area contributed by atoms with Crippen molar-refractivity contribution in [2.24, 2.45) is 0 Å². The summed E-state index contributed by atoms with van der Waals surface area (Å²) in [5.41, 5.74) is 0.0570. The molecule has 0 atom stereocenters. The molecule has 4 rings (SSSR count). The van der Waals surface area contributed by atoms with E-state index in [4.69, 9.17) is 18.3 Å². The number of amides is 1. The summed E-state index contributed by atoms with van der Waals surface area (Å²) in [7, 11) is 0. The first-order valence-electron chi connectivity index (χ1n) is 10.5. The minimum Gasteiger partial charge on any atom is -0.494 e. The van der Waals surface area contributed by atoms with Crippen molar-refractivity contribution in [3.8, 4) is 11.5 Å². The van der Waals surface area contributed by atoms with Gasteiger partial charge in [0.2, 0.25) is 0 Å². The fourth-order valence-corrected chi connectivity index (χ4v) is 3.15. The Morgan fingerprint density at radius 1 is 1.03 bits per heavy atom. The molecule has 2 aromatic heterocycles. The number of carbonyl (C=O) groups is 2. The van der Waals surface area contributed by atoms with Crippen molar-refractivity contribution in [2.75, 3.05) is 6.61 Å². The zero-order valence-electron chi connectivity index (χ0n) is 18.3. The van der Waals surface area contributed by atoms with Crippen LogP contribution in [0.4, 0.5) is 0 Å². The smallest absolute Gasteiger partial charge is 0.349 e. The van der Waals surface area contributed by atoms with E-state index in [1.165, 1.54) is 24.5 Å². The normalized spacial score (nSPS) is 11.0. The molecule has 0 bridgehead atoms. The van der Waals surface area contributed by atoms with Gasteiger partial charge in [-0.25, -0.2) is 9.59 Å². The summed E-state index contributed by atoms with van der Waals surface area (Å²) in [4.78, 5) is 36.9. The van der Waals surface area contributed by atoms with E-state index in [-0.39, 0.29) is 23.4 Å². The Morgan fingerprint density at radius 2 is 1.82 bits per heavy atom. The Bertz CT molecular complexity index is 1380. The zero-order chi connectivity index (χ0) is 23.9. The van der Waals surface area contributed by atoms with Crippen molar-refractivity contribution in [1.82, 2.24) is 5.32 Å². The first-order chi connectivity index (χ1) is 16.5. The van der Waals surface area contributed by atoms with Crippen LogP contribution >= 0.6 is 0 Å². The molecule has 0 unspecified atom stereocenters. The molecule has 8 heteroatoms. The summed E-state index contributed by atoms with van der Waals surface area (Å²) in [5, 5.41) is 3.11. The van der Waals surface area contributed by atoms with E-state index in [1.807, 2.05) is 31.2 Å². The summed E-state index contributed by atoms with van der Waals surface area (Å²) >= 11 is 0. The second-order valence-corrected chi connectivity index (χ2v) is 7.17. The monoisotopic (exact) mass is 459 g/mol. The molecule has 0 aliphatic heterocycles. The highest BCUT2D eigenvalue weighted by molar-refractivity contribution is 5.97. The molecule has 1 amide bonds. The average Bonchev–Trinajstić information content (AvgIpc) is 3.35. The molecule has 0 aliphatic rings. The minimum atomic E-state index is -0.802. The minimum absolute atomic E-state index is 0.137. The van der Waals surface area contributed by atoms with Gasteiger partial charge >= 0.3 is 11.6 Å². The van der Waals surface area contributed by atoms with Crippen molar-refractivity contribution in [1.29, 1.82) is 0 Å². The summed E-state index contributed by atoms with van der Waals surface area (Å²) in [6.45, 7) is 2.62. The van der Waals surface area contributed by atoms with Crippen molar-refractivity contribution in [3.63, 3.8) is 0 Å². The van der Waals surface area contributed by atoms with Gasteiger partial charge in [0, 0.05) is 17.5 Å². The standard InChI is InChI=1S/C26H21NO7/c1-2-31-19-9-5-17(6-10-19)7-12-24(28)33-20-11-8-18-14-22(26(30)34-23(18)15-20)25(29)27-16-21-4-3-13-32-21/h3-15H,2,16H2,1H3,(H,27,29)/b12-7+. The first kappa shape index (κ1) is 22.6. The maximum absolute atomic E-state index is 12.4. The number of carbonyl (C=O) groups excluding carboxylic acids is 2. The van der Waals surface area contributed by atoms with Crippen LogP contribution in [0.15, 0.2) is 86.6 Å². The number of nitrogens with one attached hydrogen (secondary N) is 1. The Hall–Kier alpha value is -4.59. The first-order valence-corrected chi connectivity index (χ1v) is 10.5. The SMILES string of the molecule is CCOc1ccc(/C=C/C(=O)Oc2ccc3cc(C(=O)NCc4ccco4)c(=O)oc3c2)cc1. The zero-order valence-corrected chi connectivity index (χ0v) is 18.3. The Kier molecular flexibility index (Phi) is 6.88. The molecule has 0 spiro atoms. The highest BCUT2D eigenvalue weighted by Gasteiger charge is 2.15. The van der Waals surface area contributed by atoms with Crippen LogP contribution in [0, 0.1) is 0 Å². The van der Waals surface area contributed by atoms with Gasteiger partial charge in [-0.1, -0.05) is 12.1 Å². The van der Waals surface area contributed by atoms with E-state index in [1.54, 1.807) is 30.3 Å². The number of hydrogen-bond donors (Lipinski definition) is 1. The van der Waals surface area contributed by atoms with Gasteiger partial charge in [0.1, 0.15) is 28.4 Å². The maximum atomic E-state index is 12.4. The molecule has 0 aliphatic carbocycles. The van der Waals surface area contributed by atoms with Crippen LogP contribution in [0.1, 0.15) is 28.6 Å². The highest BCUT2D eigenvalue weighted by Crippen LogP contribution is 2.21. The molecule has 1 N–H and O–H groups in total. The molecule has 4 aromatic rings. The number of furan rings is 1. The Balaban J connectivity index is 1.42. The molecule has 172 valence electrons. The van der Waals surface area contributed by atoms with Crippen molar-refractivity contribution >= 4 is 28.9 Å². The van der Waals surface area contributed by atoms with Gasteiger partial charge in [-0.15, -0.1) is 0 Å². The van der Waals surface area contributed by atoms with Crippen molar-refractivity contribution in [2.45, 2.75) is 13.5 Å². The molecular weight excluding hydrogens is 438 g/mol. The number of hydrogen-bond acceptors (Lipinski definition) is 7. The molecule has 0 saturated heterocycles. The number of ether oxygens (including phenoxy) is 2. The fourth-order valence-electron chi connectivity index (χ4n) is 3.15. The number of esters is 1. The van der Waals surface area contributed by atoms with Gasteiger partial charge in [-0.05, 0) is 61.0 Å². The molecule has 0 saturated carbocycles. The van der Waals surface area contributed by atoms with Gasteiger partial charge in [0.25, 0.3) is 5.91 Å². The van der Waals surface area contributed by atoms with E-state index < -0.39 is 17.5 Å². The number of rotatable bonds is 8. The Labute approximate surface area is 194 Å². The van der Waals surface area contributed by atoms with Gasteiger partial charge < -0.3 is 23.6 Å². The van der Waals surface area contributed by atoms with E-state index in [2.05, 4.69) is 5.32 Å². The van der Waals surface area contributed by atoms with E-state index >= 15 is 0 Å². The molecule has 0 fully saturated rings. The van der Waals surface area contributed by atoms with Gasteiger partial charge in [0.15, 0.2) is 0 Å². The van der Waals surface area contributed by atoms with Crippen LogP contribution in [0.25, 0.3) is 17.0 Å². The van der Waals surface area contributed by atoms with Crippen LogP contribution < -0.4 is 20.4 Å². The van der Waals surface area contributed by atoms with E-state index in [0.717, 1.165) is 11.3 Å². The van der Waals surface area contributed by atoms with Crippen molar-refractivity contribution in [3.05, 3.63) is 100 Å². The van der Waals surface area contributed by atoms with Crippen LogP contribution in [0.3, 0.4) is 0 Å². The summed E-state index contributed by atoms with van der Waals surface area (Å²) < 4.78 is 21.1. The topological polar surface area (TPSA) is 108 Å². The average molecular weight is 459 g/mol. The van der Waals surface area contributed by atoms with Gasteiger partial charge in [-0.3, -0.25) is 4.79 Å². The largest absolute Gasteiger partial charge is 0.494 e. The third kappa shape index (κ3) is 5.60. The fraction of sp³-hybridized carbons (Fsp3) is 0.115. The lowest BCUT2D eigenvalue weighted by molar-refractivity contribution is -0.128. The summed E-state index contributed by atoms with van der Waals surface area (Å²) in [6, 6.07) is 16.7. The summed E-state index contributed by atoms with van der Waals surface area (Å²) in [6.07, 6.45) is 4.40. The second kappa shape index (κ2) is 10.4. The molecule has 2 aromatic carbocycles. The number of benzene rings is 2. The van der Waals surface area contributed by atoms with Crippen LogP contribution in [0.2, 0.25) is 0 Å². The van der Waals surface area contributed by atoms with Crippen LogP contribution in [-0.2, 0) is 11.3 Å². The Morgan fingerprint density at radius 3 is 2.56 bits per heavy atom. The maximum Gasteiger partial charge on any atom is 0.349 e. The molecular formula is C26H21NO7. The van der Waals surface area contributed by atoms with E-state index in [9.17, 15) is 14.4 Å². The lowest BCUT2D eigenvalue weighted by Crippen LogP contribution is -2.27. The van der Waals surface area contributed by atoms with Gasteiger partial charge in [-0.2, -0.15) is 0 Å². The van der Waals surface area contributed by atoms with Crippen LogP contribution in [0.5, 0.6) is 11.5 Å². The summed E-state index contributed by atoms with van der Waals surface area (Å²) in [5.74, 6) is 0.332. The van der Waals surface area contributed by atoms with Crippen molar-refractivity contribution < 1.29 is 27.9 Å². The second-order valence-electron chi connectivity index (χ2n) is 7.17.